The van der Waals surface area contributed by atoms with E-state index in [1.54, 1.807) is 48.8 Å². The van der Waals surface area contributed by atoms with Gasteiger partial charge >= 0.3 is 0 Å². The summed E-state index contributed by atoms with van der Waals surface area (Å²) in [4.78, 5) is 45.5. The van der Waals surface area contributed by atoms with Gasteiger partial charge < -0.3 is 24.8 Å². The highest BCUT2D eigenvalue weighted by atomic mass is 32.2. The minimum absolute atomic E-state index is 0.125. The molecule has 0 radical (unpaired) electrons. The van der Waals surface area contributed by atoms with E-state index in [2.05, 4.69) is 78.4 Å². The number of hydrogen-bond acceptors (Lipinski definition) is 8. The second kappa shape index (κ2) is 17.0. The fraction of sp³-hybridized carbons (Fsp3) is 0.455. The predicted octanol–water partition coefficient (Wildman–Crippen LogP) is 7.83. The number of rotatable bonds is 10. The molecule has 0 aliphatic heterocycles. The third-order valence-electron chi connectivity index (χ3n) is 11.7. The maximum Gasteiger partial charge on any atom is 0.269 e. The Balaban J connectivity index is 0.000000172. The molecule has 0 bridgehead atoms. The number of pyridine rings is 2. The maximum atomic E-state index is 13.2. The molecule has 2 saturated carbocycles. The standard InChI is InChI=1S/C25H29N5O3S.C19H25N5O/c1-17(2)14-23(31)28-18-8-10-19(11-9-18)29-16-27-22-15-26-25-21(24(22)29)12-13-30(25)34(32,33)20-6-4-3-5-7-20;1-12(2)9-17(25)23-13-3-5-14(6-4-13)24-11-22-16-10-21-19-15(18(16)24)7-8-20-19/h3-7,12-13,15-19H,8-11,14H2,1-2H3,(H,28,31);7-8,10-14H,3-6,9H2,1-2H3,(H,20,21)(H,23,25). The smallest absolute Gasteiger partial charge is 0.269 e. The van der Waals surface area contributed by atoms with Crippen LogP contribution in [0.2, 0.25) is 0 Å². The number of imidazole rings is 2. The molecule has 6 aromatic heterocycles. The first-order chi connectivity index (χ1) is 28.5. The number of nitrogens with one attached hydrogen (secondary N) is 3. The van der Waals surface area contributed by atoms with Crippen LogP contribution >= 0.6 is 0 Å². The number of nitrogens with zero attached hydrogens (tertiary/aromatic N) is 7. The van der Waals surface area contributed by atoms with Crippen LogP contribution in [0.15, 0.2) is 84.8 Å². The van der Waals surface area contributed by atoms with Gasteiger partial charge in [-0.3, -0.25) is 9.59 Å². The van der Waals surface area contributed by atoms with Crippen LogP contribution in [-0.4, -0.2) is 70.3 Å². The van der Waals surface area contributed by atoms with Gasteiger partial charge in [0.15, 0.2) is 5.65 Å². The Morgan fingerprint density at radius 1 is 0.695 bits per heavy atom. The SMILES string of the molecule is CC(C)CC(=O)NC1CCC(n2cnc3cnc4[nH]ccc4c32)CC1.CC(C)CC(=O)NC1CCC(n2cnc3cnc4c(ccn4S(=O)(=O)c4ccccc4)c32)CC1. The molecule has 1 aromatic carbocycles. The summed E-state index contributed by atoms with van der Waals surface area (Å²) in [5, 5.41) is 8.27. The average Bonchev–Trinajstić information content (AvgIpc) is 4.03. The fourth-order valence-corrected chi connectivity index (χ4v) is 10.2. The van der Waals surface area contributed by atoms with Crippen molar-refractivity contribution in [3.8, 4) is 0 Å². The molecule has 6 heterocycles. The molecule has 0 unspecified atom stereocenters. The second-order valence-corrected chi connectivity index (χ2v) is 18.9. The van der Waals surface area contributed by atoms with Crippen LogP contribution in [0.3, 0.4) is 0 Å². The number of benzene rings is 1. The number of fused-ring (bicyclic) bond motifs is 6. The Morgan fingerprint density at radius 2 is 1.22 bits per heavy atom. The summed E-state index contributed by atoms with van der Waals surface area (Å²) < 4.78 is 32.2. The van der Waals surface area contributed by atoms with Crippen LogP contribution in [0.25, 0.3) is 44.1 Å². The van der Waals surface area contributed by atoms with Gasteiger partial charge in [0.1, 0.15) is 16.7 Å². The van der Waals surface area contributed by atoms with Gasteiger partial charge in [0.25, 0.3) is 10.0 Å². The molecule has 2 aliphatic rings. The zero-order valence-corrected chi connectivity index (χ0v) is 35.0. The number of H-pyrrole nitrogens is 1. The van der Waals surface area contributed by atoms with Crippen molar-refractivity contribution < 1.29 is 18.0 Å². The molecule has 14 nitrogen and oxygen atoms in total. The van der Waals surface area contributed by atoms with Crippen molar-refractivity contribution in [2.45, 2.75) is 121 Å². The van der Waals surface area contributed by atoms with E-state index in [-0.39, 0.29) is 28.8 Å². The van der Waals surface area contributed by atoms with Crippen LogP contribution in [-0.2, 0) is 19.6 Å². The van der Waals surface area contributed by atoms with Crippen molar-refractivity contribution >= 4 is 66.0 Å². The molecule has 59 heavy (non-hydrogen) atoms. The lowest BCUT2D eigenvalue weighted by atomic mass is 9.90. The van der Waals surface area contributed by atoms with Crippen molar-refractivity contribution in [3.05, 3.63) is 79.9 Å². The van der Waals surface area contributed by atoms with Crippen molar-refractivity contribution in [3.63, 3.8) is 0 Å². The first-order valence-corrected chi connectivity index (χ1v) is 22.4. The highest BCUT2D eigenvalue weighted by Crippen LogP contribution is 2.35. The minimum atomic E-state index is -3.76. The summed E-state index contributed by atoms with van der Waals surface area (Å²) in [6.45, 7) is 8.26. The van der Waals surface area contributed by atoms with Gasteiger partial charge in [-0.15, -0.1) is 0 Å². The van der Waals surface area contributed by atoms with Gasteiger partial charge in [0, 0.05) is 60.2 Å². The zero-order chi connectivity index (χ0) is 41.3. The van der Waals surface area contributed by atoms with Crippen LogP contribution in [0.5, 0.6) is 0 Å². The minimum Gasteiger partial charge on any atom is -0.353 e. The number of aromatic nitrogens is 8. The van der Waals surface area contributed by atoms with Gasteiger partial charge in [-0.2, -0.15) is 0 Å². The third kappa shape index (κ3) is 8.48. The van der Waals surface area contributed by atoms with E-state index in [9.17, 15) is 18.0 Å². The number of aromatic amines is 1. The van der Waals surface area contributed by atoms with Crippen LogP contribution in [0.1, 0.15) is 104 Å². The Kier molecular flexibility index (Phi) is 11.6. The first kappa shape index (κ1) is 40.2. The Bertz CT molecular complexity index is 2680. The van der Waals surface area contributed by atoms with E-state index < -0.39 is 10.0 Å². The van der Waals surface area contributed by atoms with Gasteiger partial charge in [-0.05, 0) is 87.5 Å². The average molecular weight is 819 g/mol. The van der Waals surface area contributed by atoms with E-state index >= 15 is 0 Å². The van der Waals surface area contributed by atoms with Gasteiger partial charge in [0.2, 0.25) is 11.8 Å². The van der Waals surface area contributed by atoms with Gasteiger partial charge in [-0.1, -0.05) is 45.9 Å². The lowest BCUT2D eigenvalue weighted by Crippen LogP contribution is -2.38. The van der Waals surface area contributed by atoms with Gasteiger partial charge in [0.05, 0.1) is 41.0 Å². The summed E-state index contributed by atoms with van der Waals surface area (Å²) in [5.74, 6) is 1.07. The molecule has 2 amide bonds. The molecule has 2 aliphatic carbocycles. The van der Waals surface area contributed by atoms with Gasteiger partial charge in [-0.25, -0.2) is 32.3 Å². The maximum absolute atomic E-state index is 13.2. The Hall–Kier alpha value is -5.57. The molecular weight excluding hydrogens is 765 g/mol. The molecule has 2 fully saturated rings. The van der Waals surface area contributed by atoms with Crippen LogP contribution in [0.4, 0.5) is 0 Å². The largest absolute Gasteiger partial charge is 0.353 e. The Morgan fingerprint density at radius 3 is 1.76 bits per heavy atom. The highest BCUT2D eigenvalue weighted by Gasteiger charge is 2.28. The molecule has 15 heteroatoms. The molecule has 3 N–H and O–H groups in total. The van der Waals surface area contributed by atoms with Crippen LogP contribution < -0.4 is 10.6 Å². The van der Waals surface area contributed by atoms with Crippen molar-refractivity contribution in [2.24, 2.45) is 11.8 Å². The molecular formula is C44H54N10O4S. The number of hydrogen-bond donors (Lipinski definition) is 3. The second-order valence-electron chi connectivity index (χ2n) is 17.0. The predicted molar refractivity (Wildman–Crippen MR) is 229 cm³/mol. The summed E-state index contributed by atoms with van der Waals surface area (Å²) in [6, 6.07) is 13.4. The molecule has 0 saturated heterocycles. The monoisotopic (exact) mass is 818 g/mol. The summed E-state index contributed by atoms with van der Waals surface area (Å²) >= 11 is 0. The lowest BCUT2D eigenvalue weighted by molar-refractivity contribution is -0.123. The zero-order valence-electron chi connectivity index (χ0n) is 34.2. The van der Waals surface area contributed by atoms with E-state index in [1.165, 1.54) is 9.49 Å². The number of amides is 2. The van der Waals surface area contributed by atoms with E-state index in [0.717, 1.165) is 84.3 Å². The molecule has 310 valence electrons. The molecule has 7 aromatic rings. The van der Waals surface area contributed by atoms with Crippen molar-refractivity contribution in [2.75, 3.05) is 0 Å². The fourth-order valence-electron chi connectivity index (χ4n) is 8.88. The molecule has 0 spiro atoms. The Labute approximate surface area is 344 Å². The third-order valence-corrected chi connectivity index (χ3v) is 13.4. The topological polar surface area (TPSA) is 174 Å². The van der Waals surface area contributed by atoms with E-state index in [4.69, 9.17) is 0 Å². The summed E-state index contributed by atoms with van der Waals surface area (Å²) in [5.41, 5.74) is 5.06. The van der Waals surface area contributed by atoms with Crippen LogP contribution in [0, 0.1) is 11.8 Å². The first-order valence-electron chi connectivity index (χ1n) is 21.0. The highest BCUT2D eigenvalue weighted by molar-refractivity contribution is 7.90. The van der Waals surface area contributed by atoms with Crippen molar-refractivity contribution in [1.29, 1.82) is 0 Å². The summed E-state index contributed by atoms with van der Waals surface area (Å²) in [7, 11) is -3.76. The van der Waals surface area contributed by atoms with E-state index in [1.807, 2.05) is 25.0 Å². The number of carbonyl (C=O) groups is 2. The van der Waals surface area contributed by atoms with E-state index in [0.29, 0.717) is 42.4 Å². The number of carbonyl (C=O) groups excluding carboxylic acids is 2. The molecule has 0 atom stereocenters. The lowest BCUT2D eigenvalue weighted by Gasteiger charge is -2.30. The molecule has 9 rings (SSSR count). The quantitative estimate of drug-likeness (QED) is 0.125. The van der Waals surface area contributed by atoms with Crippen molar-refractivity contribution in [1.82, 2.24) is 48.7 Å². The normalized spacial score (nSPS) is 20.0. The summed E-state index contributed by atoms with van der Waals surface area (Å²) in [6.07, 6.45) is 19.7.